The molecule has 3 aromatic rings. The SMILES string of the molecule is C#CC[C@@H]1C[C@@H](Oc2cc(O[C@@H](C)[C@@H](C)C[C@H](F)CNC)nc(-c3noc(C(C)(C)c4ccccc4F)n3)n2)CCN1C(=O)C(=C)F. The van der Waals surface area contributed by atoms with Crippen molar-refractivity contribution in [2.45, 2.75) is 83.2 Å². The first kappa shape index (κ1) is 35.4. The third-order valence-corrected chi connectivity index (χ3v) is 8.35. The van der Waals surface area contributed by atoms with E-state index in [2.05, 4.69) is 37.9 Å². The number of halogens is 3. The monoisotopic (exact) mass is 654 g/mol. The van der Waals surface area contributed by atoms with E-state index < -0.39 is 47.4 Å². The topological polar surface area (TPSA) is 116 Å². The number of hydrogen-bond acceptors (Lipinski definition) is 9. The lowest BCUT2D eigenvalue weighted by Crippen LogP contribution is -2.48. The van der Waals surface area contributed by atoms with Gasteiger partial charge in [-0.05, 0) is 46.2 Å². The van der Waals surface area contributed by atoms with E-state index in [4.69, 9.17) is 20.4 Å². The Labute approximate surface area is 273 Å². The molecule has 0 aliphatic carbocycles. The number of amides is 1. The highest BCUT2D eigenvalue weighted by Crippen LogP contribution is 2.34. The van der Waals surface area contributed by atoms with Gasteiger partial charge in [-0.15, -0.1) is 12.3 Å². The van der Waals surface area contributed by atoms with Crippen LogP contribution in [0.1, 0.15) is 64.8 Å². The lowest BCUT2D eigenvalue weighted by Gasteiger charge is -2.38. The van der Waals surface area contributed by atoms with Gasteiger partial charge < -0.3 is 24.2 Å². The van der Waals surface area contributed by atoms with E-state index in [0.29, 0.717) is 18.4 Å². The number of carbonyl (C=O) groups excluding carboxylic acids is 1. The van der Waals surface area contributed by atoms with E-state index in [9.17, 15) is 18.0 Å². The molecule has 0 bridgehead atoms. The molecule has 2 aromatic heterocycles. The van der Waals surface area contributed by atoms with Crippen molar-refractivity contribution in [1.82, 2.24) is 30.3 Å². The van der Waals surface area contributed by atoms with Crippen molar-refractivity contribution in [2.24, 2.45) is 5.92 Å². The maximum atomic E-state index is 14.7. The molecule has 47 heavy (non-hydrogen) atoms. The summed E-state index contributed by atoms with van der Waals surface area (Å²) in [6, 6.07) is 7.36. The molecule has 0 unspecified atom stereocenters. The summed E-state index contributed by atoms with van der Waals surface area (Å²) in [5.74, 6) is 0.537. The Morgan fingerprint density at radius 1 is 1.23 bits per heavy atom. The molecule has 1 amide bonds. The highest BCUT2D eigenvalue weighted by atomic mass is 19.1. The lowest BCUT2D eigenvalue weighted by atomic mass is 9.84. The predicted octanol–water partition coefficient (Wildman–Crippen LogP) is 5.59. The molecule has 0 spiro atoms. The van der Waals surface area contributed by atoms with Gasteiger partial charge in [0.15, 0.2) is 5.83 Å². The fraction of sp³-hybridized carbons (Fsp3) is 0.500. The van der Waals surface area contributed by atoms with Crippen molar-refractivity contribution in [2.75, 3.05) is 20.1 Å². The Kier molecular flexibility index (Phi) is 11.6. The molecule has 3 heterocycles. The van der Waals surface area contributed by atoms with E-state index in [-0.39, 0.29) is 61.1 Å². The fourth-order valence-corrected chi connectivity index (χ4v) is 5.53. The second kappa shape index (κ2) is 15.4. The molecule has 0 saturated carbocycles. The van der Waals surface area contributed by atoms with E-state index in [0.717, 1.165) is 0 Å². The van der Waals surface area contributed by atoms with Crippen molar-refractivity contribution in [3.8, 4) is 35.8 Å². The quantitative estimate of drug-likeness (QED) is 0.176. The van der Waals surface area contributed by atoms with E-state index in [1.807, 2.05) is 13.8 Å². The van der Waals surface area contributed by atoms with Gasteiger partial charge >= 0.3 is 0 Å². The van der Waals surface area contributed by atoms with E-state index >= 15 is 0 Å². The number of hydrogen-bond donors (Lipinski definition) is 1. The molecule has 13 heteroatoms. The summed E-state index contributed by atoms with van der Waals surface area (Å²) in [4.78, 5) is 27.3. The molecule has 1 fully saturated rings. The minimum Gasteiger partial charge on any atom is -0.474 e. The van der Waals surface area contributed by atoms with Gasteiger partial charge in [0.05, 0.1) is 11.5 Å². The molecule has 5 atom stereocenters. The van der Waals surface area contributed by atoms with Crippen LogP contribution >= 0.6 is 0 Å². The molecule has 1 N–H and O–H groups in total. The summed E-state index contributed by atoms with van der Waals surface area (Å²) in [5.41, 5.74) is -0.612. The zero-order chi connectivity index (χ0) is 34.3. The Hall–Kier alpha value is -4.44. The average Bonchev–Trinajstić information content (AvgIpc) is 3.53. The number of nitrogens with zero attached hydrogens (tertiary/aromatic N) is 5. The lowest BCUT2D eigenvalue weighted by molar-refractivity contribution is -0.133. The van der Waals surface area contributed by atoms with Crippen LogP contribution in [-0.4, -0.2) is 75.5 Å². The fourth-order valence-electron chi connectivity index (χ4n) is 5.53. The van der Waals surface area contributed by atoms with Crippen molar-refractivity contribution in [1.29, 1.82) is 0 Å². The van der Waals surface area contributed by atoms with Crippen LogP contribution in [0.3, 0.4) is 0 Å². The number of rotatable bonds is 14. The van der Waals surface area contributed by atoms with Crippen LogP contribution in [0.4, 0.5) is 13.2 Å². The normalized spacial score (nSPS) is 18.6. The molecular formula is C34H41F3N6O4. The van der Waals surface area contributed by atoms with Crippen LogP contribution in [0.15, 0.2) is 47.3 Å². The predicted molar refractivity (Wildman–Crippen MR) is 169 cm³/mol. The van der Waals surface area contributed by atoms with Crippen molar-refractivity contribution in [3.63, 3.8) is 0 Å². The molecular weight excluding hydrogens is 613 g/mol. The number of terminal acetylenes is 1. The first-order chi connectivity index (χ1) is 22.3. The number of benzene rings is 1. The maximum Gasteiger partial charge on any atom is 0.282 e. The molecule has 1 aliphatic rings. The zero-order valence-corrected chi connectivity index (χ0v) is 27.3. The van der Waals surface area contributed by atoms with Gasteiger partial charge in [0.25, 0.3) is 5.91 Å². The summed E-state index contributed by atoms with van der Waals surface area (Å²) < 4.78 is 60.7. The molecule has 1 aliphatic heterocycles. The van der Waals surface area contributed by atoms with Gasteiger partial charge in [0.2, 0.25) is 29.3 Å². The summed E-state index contributed by atoms with van der Waals surface area (Å²) >= 11 is 0. The second-order valence-electron chi connectivity index (χ2n) is 12.3. The summed E-state index contributed by atoms with van der Waals surface area (Å²) in [6.07, 6.45) is 4.76. The van der Waals surface area contributed by atoms with Gasteiger partial charge in [-0.1, -0.05) is 36.9 Å². The van der Waals surface area contributed by atoms with Crippen molar-refractivity contribution < 1.29 is 32.0 Å². The number of carbonyl (C=O) groups is 1. The van der Waals surface area contributed by atoms with Crippen LogP contribution in [-0.2, 0) is 10.2 Å². The molecule has 4 rings (SSSR count). The van der Waals surface area contributed by atoms with Crippen LogP contribution in [0.2, 0.25) is 0 Å². The van der Waals surface area contributed by atoms with Gasteiger partial charge in [-0.25, -0.2) is 13.2 Å². The van der Waals surface area contributed by atoms with Crippen molar-refractivity contribution in [3.05, 3.63) is 60.0 Å². The number of likely N-dealkylation sites (tertiary alicyclic amines) is 1. The van der Waals surface area contributed by atoms with Crippen LogP contribution in [0.5, 0.6) is 11.8 Å². The first-order valence-corrected chi connectivity index (χ1v) is 15.5. The zero-order valence-electron chi connectivity index (χ0n) is 27.3. The Morgan fingerprint density at radius 3 is 2.64 bits per heavy atom. The number of ether oxygens (including phenoxy) is 2. The van der Waals surface area contributed by atoms with Crippen molar-refractivity contribution >= 4 is 5.91 Å². The van der Waals surface area contributed by atoms with Gasteiger partial charge in [-0.2, -0.15) is 15.0 Å². The smallest absolute Gasteiger partial charge is 0.282 e. The molecule has 252 valence electrons. The number of nitrogens with one attached hydrogen (secondary N) is 1. The highest BCUT2D eigenvalue weighted by molar-refractivity contribution is 5.90. The third kappa shape index (κ3) is 8.68. The van der Waals surface area contributed by atoms with Gasteiger partial charge in [-0.3, -0.25) is 4.79 Å². The van der Waals surface area contributed by atoms with E-state index in [1.165, 1.54) is 17.0 Å². The number of aromatic nitrogens is 4. The third-order valence-electron chi connectivity index (χ3n) is 8.35. The summed E-state index contributed by atoms with van der Waals surface area (Å²) in [5, 5.41) is 6.91. The standard InChI is InChI=1S/C34H41F3N6O4/c1-8-11-24-17-25(14-15-43(24)32(44)21(3)35)46-29-18-28(45-22(4)20(2)16-23(36)19-38-7)39-30(40-29)31-41-33(47-42-31)34(5,6)26-12-9-10-13-27(26)37/h1,9-10,12-13,18,20,22-25,38H,3,11,14-17,19H2,2,4-7H3/t20-,22-,23-,24+,25-/m0/s1. The molecule has 0 radical (unpaired) electrons. The van der Waals surface area contributed by atoms with Crippen LogP contribution in [0.25, 0.3) is 11.6 Å². The molecule has 1 saturated heterocycles. The Morgan fingerprint density at radius 2 is 1.96 bits per heavy atom. The summed E-state index contributed by atoms with van der Waals surface area (Å²) in [6.45, 7) is 10.8. The maximum absolute atomic E-state index is 14.7. The second-order valence-corrected chi connectivity index (χ2v) is 12.3. The molecule has 10 nitrogen and oxygen atoms in total. The first-order valence-electron chi connectivity index (χ1n) is 15.5. The van der Waals surface area contributed by atoms with Gasteiger partial charge in [0, 0.05) is 44.0 Å². The summed E-state index contributed by atoms with van der Waals surface area (Å²) in [7, 11) is 1.69. The average molecular weight is 655 g/mol. The Balaban J connectivity index is 1.64. The molecule has 1 aromatic carbocycles. The largest absolute Gasteiger partial charge is 0.474 e. The van der Waals surface area contributed by atoms with Gasteiger partial charge in [0.1, 0.15) is 24.2 Å². The minimum absolute atomic E-state index is 0.0188. The number of alkyl halides is 1. The van der Waals surface area contributed by atoms with E-state index in [1.54, 1.807) is 39.1 Å². The Bertz CT molecular complexity index is 1590. The number of piperidine rings is 1. The minimum atomic E-state index is -1.06. The van der Waals surface area contributed by atoms with Crippen LogP contribution in [0, 0.1) is 24.1 Å². The van der Waals surface area contributed by atoms with Crippen LogP contribution < -0.4 is 14.8 Å². The highest BCUT2D eigenvalue weighted by Gasteiger charge is 2.35.